The second kappa shape index (κ2) is 9.33. The molecule has 0 aliphatic heterocycles. The number of carbonyl (C=O) groups excluding carboxylic acids is 2. The van der Waals surface area contributed by atoms with E-state index in [4.69, 9.17) is 4.74 Å². The van der Waals surface area contributed by atoms with Gasteiger partial charge >= 0.3 is 0 Å². The van der Waals surface area contributed by atoms with E-state index in [1.807, 2.05) is 24.3 Å². The fourth-order valence-corrected chi connectivity index (χ4v) is 2.62. The predicted octanol–water partition coefficient (Wildman–Crippen LogP) is 4.00. The number of ether oxygens (including phenoxy) is 1. The van der Waals surface area contributed by atoms with Gasteiger partial charge in [-0.15, -0.1) is 0 Å². The maximum absolute atomic E-state index is 12.6. The molecule has 0 bridgehead atoms. The molecule has 0 aromatic heterocycles. The fourth-order valence-electron chi connectivity index (χ4n) is 2.62. The standard InChI is InChI=1S/C22H28N2O3/c1-22(2,3)17-12-10-16(11-13-17)20(25)24-19-9-6-5-8-18(19)21(26)23-14-7-15-27-4/h5-6,8-13H,7,14-15H2,1-4H3,(H,23,26)(H,24,25). The number of benzene rings is 2. The molecule has 0 unspecified atom stereocenters. The van der Waals surface area contributed by atoms with Gasteiger partial charge in [-0.2, -0.15) is 0 Å². The largest absolute Gasteiger partial charge is 0.385 e. The highest BCUT2D eigenvalue weighted by Crippen LogP contribution is 2.23. The zero-order chi connectivity index (χ0) is 19.9. The van der Waals surface area contributed by atoms with Crippen molar-refractivity contribution in [1.82, 2.24) is 5.32 Å². The van der Waals surface area contributed by atoms with Crippen LogP contribution in [0.2, 0.25) is 0 Å². The zero-order valence-corrected chi connectivity index (χ0v) is 16.5. The van der Waals surface area contributed by atoms with Crippen molar-refractivity contribution >= 4 is 17.5 Å². The normalized spacial score (nSPS) is 11.1. The summed E-state index contributed by atoms with van der Waals surface area (Å²) in [4.78, 5) is 25.0. The second-order valence-electron chi connectivity index (χ2n) is 7.43. The lowest BCUT2D eigenvalue weighted by Crippen LogP contribution is -2.26. The molecule has 0 heterocycles. The smallest absolute Gasteiger partial charge is 0.255 e. The highest BCUT2D eigenvalue weighted by molar-refractivity contribution is 6.09. The van der Waals surface area contributed by atoms with Crippen LogP contribution < -0.4 is 10.6 Å². The summed E-state index contributed by atoms with van der Waals surface area (Å²) in [5, 5.41) is 5.68. The van der Waals surface area contributed by atoms with Crippen molar-refractivity contribution in [2.75, 3.05) is 25.6 Å². The first-order valence-electron chi connectivity index (χ1n) is 9.11. The number of amides is 2. The lowest BCUT2D eigenvalue weighted by molar-refractivity contribution is 0.0949. The van der Waals surface area contributed by atoms with Crippen LogP contribution in [-0.4, -0.2) is 32.1 Å². The summed E-state index contributed by atoms with van der Waals surface area (Å²) in [5.74, 6) is -0.458. The van der Waals surface area contributed by atoms with Gasteiger partial charge in [0.1, 0.15) is 0 Å². The molecular weight excluding hydrogens is 340 g/mol. The van der Waals surface area contributed by atoms with E-state index in [2.05, 4.69) is 31.4 Å². The summed E-state index contributed by atoms with van der Waals surface area (Å²) in [7, 11) is 1.63. The van der Waals surface area contributed by atoms with Crippen LogP contribution in [0.3, 0.4) is 0 Å². The summed E-state index contributed by atoms with van der Waals surface area (Å²) < 4.78 is 4.98. The van der Waals surface area contributed by atoms with Gasteiger partial charge in [0.15, 0.2) is 0 Å². The summed E-state index contributed by atoms with van der Waals surface area (Å²) in [5.41, 5.74) is 2.68. The van der Waals surface area contributed by atoms with Crippen LogP contribution in [0.1, 0.15) is 53.5 Å². The molecule has 27 heavy (non-hydrogen) atoms. The molecule has 0 aliphatic carbocycles. The molecule has 0 saturated carbocycles. The molecule has 2 aromatic rings. The van der Waals surface area contributed by atoms with E-state index in [9.17, 15) is 9.59 Å². The average molecular weight is 368 g/mol. The van der Waals surface area contributed by atoms with E-state index in [0.29, 0.717) is 30.0 Å². The van der Waals surface area contributed by atoms with Gasteiger partial charge in [0.2, 0.25) is 0 Å². The topological polar surface area (TPSA) is 67.4 Å². The summed E-state index contributed by atoms with van der Waals surface area (Å²) in [6.07, 6.45) is 0.733. The van der Waals surface area contributed by atoms with E-state index in [1.54, 1.807) is 31.4 Å². The molecule has 2 aromatic carbocycles. The SMILES string of the molecule is COCCCNC(=O)c1ccccc1NC(=O)c1ccc(C(C)(C)C)cc1. The Bertz CT molecular complexity index is 777. The Morgan fingerprint density at radius 1 is 0.963 bits per heavy atom. The van der Waals surface area contributed by atoms with Crippen molar-refractivity contribution < 1.29 is 14.3 Å². The van der Waals surface area contributed by atoms with Crippen molar-refractivity contribution in [3.63, 3.8) is 0 Å². The molecule has 2 N–H and O–H groups in total. The Kier molecular flexibility index (Phi) is 7.13. The van der Waals surface area contributed by atoms with Gasteiger partial charge in [-0.25, -0.2) is 0 Å². The Morgan fingerprint density at radius 2 is 1.63 bits per heavy atom. The Morgan fingerprint density at radius 3 is 2.26 bits per heavy atom. The van der Waals surface area contributed by atoms with Crippen molar-refractivity contribution in [2.24, 2.45) is 0 Å². The van der Waals surface area contributed by atoms with Crippen LogP contribution in [0.5, 0.6) is 0 Å². The van der Waals surface area contributed by atoms with E-state index < -0.39 is 0 Å². The first-order valence-corrected chi connectivity index (χ1v) is 9.11. The molecule has 0 spiro atoms. The summed E-state index contributed by atoms with van der Waals surface area (Å²) >= 11 is 0. The van der Waals surface area contributed by atoms with Gasteiger partial charge in [0.25, 0.3) is 11.8 Å². The number of methoxy groups -OCH3 is 1. The molecule has 5 nitrogen and oxygen atoms in total. The lowest BCUT2D eigenvalue weighted by atomic mass is 9.86. The number of hydrogen-bond acceptors (Lipinski definition) is 3. The molecule has 2 amide bonds. The Hall–Kier alpha value is -2.66. The van der Waals surface area contributed by atoms with Crippen molar-refractivity contribution in [3.8, 4) is 0 Å². The number of hydrogen-bond donors (Lipinski definition) is 2. The van der Waals surface area contributed by atoms with Crippen LogP contribution in [0, 0.1) is 0 Å². The summed E-state index contributed by atoms with van der Waals surface area (Å²) in [6, 6.07) is 14.5. The molecule has 5 heteroatoms. The molecule has 0 saturated heterocycles. The third-order valence-corrected chi connectivity index (χ3v) is 4.24. The molecule has 0 fully saturated rings. The van der Waals surface area contributed by atoms with Gasteiger partial charge < -0.3 is 15.4 Å². The zero-order valence-electron chi connectivity index (χ0n) is 16.5. The molecule has 2 rings (SSSR count). The molecule has 0 radical (unpaired) electrons. The number of nitrogens with one attached hydrogen (secondary N) is 2. The first-order chi connectivity index (χ1) is 12.8. The average Bonchev–Trinajstić information content (AvgIpc) is 2.65. The third-order valence-electron chi connectivity index (χ3n) is 4.24. The lowest BCUT2D eigenvalue weighted by Gasteiger charge is -2.19. The van der Waals surface area contributed by atoms with Gasteiger partial charge in [-0.3, -0.25) is 9.59 Å². The quantitative estimate of drug-likeness (QED) is 0.726. The third kappa shape index (κ3) is 5.93. The van der Waals surface area contributed by atoms with Gasteiger partial charge in [0.05, 0.1) is 11.3 Å². The highest BCUT2D eigenvalue weighted by atomic mass is 16.5. The van der Waals surface area contributed by atoms with Crippen LogP contribution in [0.25, 0.3) is 0 Å². The summed E-state index contributed by atoms with van der Waals surface area (Å²) in [6.45, 7) is 7.49. The molecule has 0 aliphatic rings. The number of rotatable bonds is 7. The van der Waals surface area contributed by atoms with Crippen molar-refractivity contribution in [1.29, 1.82) is 0 Å². The van der Waals surface area contributed by atoms with Crippen molar-refractivity contribution in [2.45, 2.75) is 32.6 Å². The molecule has 0 atom stereocenters. The van der Waals surface area contributed by atoms with E-state index >= 15 is 0 Å². The van der Waals surface area contributed by atoms with Crippen LogP contribution in [0.4, 0.5) is 5.69 Å². The Balaban J connectivity index is 2.08. The monoisotopic (exact) mass is 368 g/mol. The van der Waals surface area contributed by atoms with Gasteiger partial charge in [-0.1, -0.05) is 45.0 Å². The number of anilines is 1. The predicted molar refractivity (Wildman–Crippen MR) is 108 cm³/mol. The van der Waals surface area contributed by atoms with Crippen LogP contribution >= 0.6 is 0 Å². The van der Waals surface area contributed by atoms with Crippen LogP contribution in [0.15, 0.2) is 48.5 Å². The van der Waals surface area contributed by atoms with E-state index in [-0.39, 0.29) is 17.2 Å². The minimum absolute atomic E-state index is 0.0303. The number of carbonyl (C=O) groups is 2. The Labute approximate surface area is 161 Å². The fraction of sp³-hybridized carbons (Fsp3) is 0.364. The number of para-hydroxylation sites is 1. The van der Waals surface area contributed by atoms with Crippen LogP contribution in [-0.2, 0) is 10.2 Å². The molecular formula is C22H28N2O3. The van der Waals surface area contributed by atoms with Gasteiger partial charge in [0, 0.05) is 25.8 Å². The van der Waals surface area contributed by atoms with E-state index in [0.717, 1.165) is 12.0 Å². The second-order valence-corrected chi connectivity index (χ2v) is 7.43. The first kappa shape index (κ1) is 20.6. The maximum Gasteiger partial charge on any atom is 0.255 e. The minimum Gasteiger partial charge on any atom is -0.385 e. The van der Waals surface area contributed by atoms with Gasteiger partial charge in [-0.05, 0) is 41.7 Å². The molecule has 144 valence electrons. The van der Waals surface area contributed by atoms with Crippen molar-refractivity contribution in [3.05, 3.63) is 65.2 Å². The van der Waals surface area contributed by atoms with E-state index in [1.165, 1.54) is 0 Å². The maximum atomic E-state index is 12.6. The highest BCUT2D eigenvalue weighted by Gasteiger charge is 2.16. The minimum atomic E-state index is -0.241.